The van der Waals surface area contributed by atoms with Crippen molar-refractivity contribution in [2.75, 3.05) is 50.7 Å². The first-order valence-electron chi connectivity index (χ1n) is 12.1. The molecule has 2 saturated heterocycles. The number of amides is 1. The second kappa shape index (κ2) is 10.0. The molecule has 35 heavy (non-hydrogen) atoms. The number of piperazine rings is 1. The molecule has 2 aromatic heterocycles. The van der Waals surface area contributed by atoms with Gasteiger partial charge in [0.2, 0.25) is 5.88 Å². The maximum atomic E-state index is 13.4. The first-order chi connectivity index (χ1) is 17.0. The molecule has 5 rings (SSSR count). The van der Waals surface area contributed by atoms with Crippen molar-refractivity contribution >= 4 is 11.6 Å². The molecule has 0 aliphatic carbocycles. The number of aryl methyl sites for hydroxylation is 1. The normalized spacial score (nSPS) is 20.7. The van der Waals surface area contributed by atoms with Gasteiger partial charge in [-0.3, -0.25) is 14.7 Å². The van der Waals surface area contributed by atoms with Crippen LogP contribution in [0, 0.1) is 6.92 Å². The Morgan fingerprint density at radius 2 is 1.80 bits per heavy atom. The molecular weight excluding hydrogens is 442 g/mol. The van der Waals surface area contributed by atoms with E-state index in [9.17, 15) is 9.90 Å². The fourth-order valence-electron chi connectivity index (χ4n) is 4.81. The first kappa shape index (κ1) is 23.3. The lowest BCUT2D eigenvalue weighted by Gasteiger charge is -2.39. The Labute approximate surface area is 205 Å². The molecule has 1 amide bonds. The summed E-state index contributed by atoms with van der Waals surface area (Å²) in [6, 6.07) is 17.5. The van der Waals surface area contributed by atoms with Gasteiger partial charge in [-0.2, -0.15) is 0 Å². The Morgan fingerprint density at radius 3 is 2.54 bits per heavy atom. The van der Waals surface area contributed by atoms with Crippen LogP contribution < -0.4 is 9.64 Å². The van der Waals surface area contributed by atoms with Crippen LogP contribution in [0.2, 0.25) is 0 Å². The molecule has 0 radical (unpaired) electrons. The number of pyridine rings is 2. The van der Waals surface area contributed by atoms with E-state index in [1.807, 2.05) is 19.1 Å². The van der Waals surface area contributed by atoms with E-state index in [1.54, 1.807) is 35.5 Å². The summed E-state index contributed by atoms with van der Waals surface area (Å²) in [5.41, 5.74) is 1.58. The van der Waals surface area contributed by atoms with E-state index in [0.29, 0.717) is 37.4 Å². The highest BCUT2D eigenvalue weighted by molar-refractivity contribution is 5.96. The minimum Gasteiger partial charge on any atom is -0.437 e. The second-order valence-corrected chi connectivity index (χ2v) is 9.39. The average molecular weight is 474 g/mol. The lowest BCUT2D eigenvalue weighted by atomic mass is 10.0. The molecular formula is C27H31N5O3. The number of carbonyl (C=O) groups excluding carboxylic acids is 1. The van der Waals surface area contributed by atoms with E-state index in [1.165, 1.54) is 5.69 Å². The Hall–Kier alpha value is -3.49. The monoisotopic (exact) mass is 473 g/mol. The number of likely N-dealkylation sites (tertiary alicyclic amines) is 1. The molecule has 2 aliphatic rings. The van der Waals surface area contributed by atoms with Crippen molar-refractivity contribution in [3.63, 3.8) is 0 Å². The van der Waals surface area contributed by atoms with Crippen LogP contribution in [0.15, 0.2) is 67.0 Å². The Balaban J connectivity index is 1.19. The molecule has 3 aromatic rings. The molecule has 0 unspecified atom stereocenters. The van der Waals surface area contributed by atoms with Gasteiger partial charge in [0.05, 0.1) is 18.3 Å². The Bertz CT molecular complexity index is 1150. The van der Waals surface area contributed by atoms with Gasteiger partial charge < -0.3 is 19.6 Å². The maximum Gasteiger partial charge on any atom is 0.259 e. The predicted molar refractivity (Wildman–Crippen MR) is 134 cm³/mol. The van der Waals surface area contributed by atoms with Crippen molar-refractivity contribution in [1.29, 1.82) is 0 Å². The summed E-state index contributed by atoms with van der Waals surface area (Å²) >= 11 is 0. The molecule has 8 nitrogen and oxygen atoms in total. The van der Waals surface area contributed by atoms with Gasteiger partial charge in [0.15, 0.2) is 0 Å². The maximum absolute atomic E-state index is 13.4. The summed E-state index contributed by atoms with van der Waals surface area (Å²) < 4.78 is 5.87. The number of para-hydroxylation sites is 1. The van der Waals surface area contributed by atoms with E-state index in [0.717, 1.165) is 31.9 Å². The van der Waals surface area contributed by atoms with Gasteiger partial charge in [0.25, 0.3) is 5.91 Å². The lowest BCUT2D eigenvalue weighted by Crippen LogP contribution is -2.53. The van der Waals surface area contributed by atoms with Gasteiger partial charge in [-0.25, -0.2) is 4.98 Å². The lowest BCUT2D eigenvalue weighted by molar-refractivity contribution is 0.0103. The zero-order chi connectivity index (χ0) is 24.3. The van der Waals surface area contributed by atoms with Crippen LogP contribution in [0.3, 0.4) is 0 Å². The van der Waals surface area contributed by atoms with Gasteiger partial charge in [-0.1, -0.05) is 18.2 Å². The number of aromatic nitrogens is 2. The van der Waals surface area contributed by atoms with Crippen LogP contribution in [-0.4, -0.2) is 82.2 Å². The average Bonchev–Trinajstić information content (AvgIpc) is 3.28. The van der Waals surface area contributed by atoms with Gasteiger partial charge in [0, 0.05) is 56.8 Å². The number of hydrogen-bond acceptors (Lipinski definition) is 7. The molecule has 1 N–H and O–H groups in total. The minimum absolute atomic E-state index is 0.182. The quantitative estimate of drug-likeness (QED) is 0.589. The predicted octanol–water partition coefficient (Wildman–Crippen LogP) is 2.98. The van der Waals surface area contributed by atoms with Crippen molar-refractivity contribution in [1.82, 2.24) is 19.8 Å². The van der Waals surface area contributed by atoms with Crippen LogP contribution in [0.25, 0.3) is 0 Å². The number of β-amino-alcohol motifs (C(OH)–C–C–N with tert-alkyl or cyclic N) is 1. The number of anilines is 1. The number of rotatable bonds is 6. The summed E-state index contributed by atoms with van der Waals surface area (Å²) in [5.74, 6) is 0.588. The van der Waals surface area contributed by atoms with Crippen LogP contribution in [0.4, 0.5) is 5.69 Å². The van der Waals surface area contributed by atoms with Crippen molar-refractivity contribution < 1.29 is 14.6 Å². The summed E-state index contributed by atoms with van der Waals surface area (Å²) in [4.78, 5) is 28.2. The van der Waals surface area contributed by atoms with Gasteiger partial charge in [-0.05, 0) is 49.7 Å². The van der Waals surface area contributed by atoms with Crippen molar-refractivity contribution in [3.05, 3.63) is 78.2 Å². The van der Waals surface area contributed by atoms with E-state index in [-0.39, 0.29) is 11.8 Å². The molecule has 1 atom stereocenters. The third kappa shape index (κ3) is 5.44. The van der Waals surface area contributed by atoms with E-state index >= 15 is 0 Å². The first-order valence-corrected chi connectivity index (χ1v) is 12.1. The molecule has 0 spiro atoms. The smallest absolute Gasteiger partial charge is 0.259 e. The van der Waals surface area contributed by atoms with Crippen LogP contribution in [0.1, 0.15) is 22.5 Å². The molecule has 8 heteroatoms. The Morgan fingerprint density at radius 1 is 1.00 bits per heavy atom. The zero-order valence-corrected chi connectivity index (χ0v) is 20.0. The summed E-state index contributed by atoms with van der Waals surface area (Å²) in [6.45, 7) is 6.87. The highest BCUT2D eigenvalue weighted by Crippen LogP contribution is 2.28. The molecule has 0 saturated carbocycles. The second-order valence-electron chi connectivity index (χ2n) is 9.39. The fraction of sp³-hybridized carbons (Fsp3) is 0.370. The Kier molecular flexibility index (Phi) is 6.66. The molecule has 1 aromatic carbocycles. The summed E-state index contributed by atoms with van der Waals surface area (Å²) in [5, 5.41) is 11.3. The van der Waals surface area contributed by atoms with E-state index in [2.05, 4.69) is 44.0 Å². The third-order valence-electron chi connectivity index (χ3n) is 6.73. The summed E-state index contributed by atoms with van der Waals surface area (Å²) in [6.07, 6.45) is 3.77. The molecule has 2 fully saturated rings. The number of benzene rings is 1. The molecule has 2 aliphatic heterocycles. The highest BCUT2D eigenvalue weighted by Gasteiger charge is 2.40. The van der Waals surface area contributed by atoms with Crippen molar-refractivity contribution in [2.45, 2.75) is 18.9 Å². The largest absolute Gasteiger partial charge is 0.437 e. The fourth-order valence-corrected chi connectivity index (χ4v) is 4.81. The van der Waals surface area contributed by atoms with Crippen molar-refractivity contribution in [3.8, 4) is 11.6 Å². The highest BCUT2D eigenvalue weighted by atomic mass is 16.5. The minimum atomic E-state index is -0.922. The standard InChI is InChI=1S/C27H31N5O3/c1-21-9-10-23(18-29-21)35-25-24(8-5-12-28-25)26(33)32-13-11-27(34,20-32)19-30-14-16-31(17-15-30)22-6-3-2-4-7-22/h2-10,12,18,34H,11,13-17,19-20H2,1H3/t27-/m1/s1. The van der Waals surface area contributed by atoms with Crippen LogP contribution in [-0.2, 0) is 0 Å². The molecule has 4 heterocycles. The molecule has 182 valence electrons. The number of nitrogens with zero attached hydrogens (tertiary/aromatic N) is 5. The summed E-state index contributed by atoms with van der Waals surface area (Å²) in [7, 11) is 0. The third-order valence-corrected chi connectivity index (χ3v) is 6.73. The van der Waals surface area contributed by atoms with Gasteiger partial charge in [-0.15, -0.1) is 0 Å². The van der Waals surface area contributed by atoms with Gasteiger partial charge >= 0.3 is 0 Å². The molecule has 0 bridgehead atoms. The number of aliphatic hydroxyl groups is 1. The number of hydrogen-bond donors (Lipinski definition) is 1. The van der Waals surface area contributed by atoms with Crippen LogP contribution >= 0.6 is 0 Å². The SMILES string of the molecule is Cc1ccc(Oc2ncccc2C(=O)N2CC[C@@](O)(CN3CCN(c4ccccc4)CC3)C2)cn1. The van der Waals surface area contributed by atoms with Crippen molar-refractivity contribution in [2.24, 2.45) is 0 Å². The zero-order valence-electron chi connectivity index (χ0n) is 20.0. The van der Waals surface area contributed by atoms with Crippen LogP contribution in [0.5, 0.6) is 11.6 Å². The van der Waals surface area contributed by atoms with E-state index in [4.69, 9.17) is 4.74 Å². The number of carbonyl (C=O) groups is 1. The topological polar surface area (TPSA) is 82.0 Å². The van der Waals surface area contributed by atoms with Gasteiger partial charge in [0.1, 0.15) is 11.3 Å². The number of ether oxygens (including phenoxy) is 1. The van der Waals surface area contributed by atoms with E-state index < -0.39 is 5.60 Å².